The summed E-state index contributed by atoms with van der Waals surface area (Å²) >= 11 is 5.79. The fourth-order valence-corrected chi connectivity index (χ4v) is 4.06. The third-order valence-corrected chi connectivity index (χ3v) is 5.57. The van der Waals surface area contributed by atoms with Crippen molar-refractivity contribution in [3.63, 3.8) is 0 Å². The number of benzene rings is 1. The first-order valence-corrected chi connectivity index (χ1v) is 8.18. The molecule has 1 aromatic carbocycles. The maximum Gasteiger partial charge on any atom is 0.242 e. The highest BCUT2D eigenvalue weighted by Crippen LogP contribution is 2.40. The molecule has 1 N–H and O–H groups in total. The fraction of sp³-hybridized carbons (Fsp3) is 0.538. The van der Waals surface area contributed by atoms with Gasteiger partial charge in [0.05, 0.1) is 11.6 Å². The zero-order chi connectivity index (χ0) is 14.8. The highest BCUT2D eigenvalue weighted by atomic mass is 35.5. The van der Waals surface area contributed by atoms with Gasteiger partial charge in [-0.1, -0.05) is 18.0 Å². The van der Waals surface area contributed by atoms with Crippen LogP contribution < -0.4 is 4.72 Å². The summed E-state index contributed by atoms with van der Waals surface area (Å²) in [5.41, 5.74) is -0.131. The van der Waals surface area contributed by atoms with Crippen LogP contribution in [0.1, 0.15) is 19.3 Å². The van der Waals surface area contributed by atoms with Crippen LogP contribution in [-0.2, 0) is 14.8 Å². The maximum absolute atomic E-state index is 13.0. The van der Waals surface area contributed by atoms with Crippen LogP contribution in [0.25, 0.3) is 0 Å². The lowest BCUT2D eigenvalue weighted by Crippen LogP contribution is -2.45. The normalized spacial score (nSPS) is 17.8. The molecule has 1 fully saturated rings. The van der Waals surface area contributed by atoms with Gasteiger partial charge in [0.1, 0.15) is 10.7 Å². The van der Waals surface area contributed by atoms with Gasteiger partial charge in [0.2, 0.25) is 10.0 Å². The lowest BCUT2D eigenvalue weighted by molar-refractivity contribution is 0.0220. The van der Waals surface area contributed by atoms with Crippen LogP contribution in [0.15, 0.2) is 23.1 Å². The minimum absolute atomic E-state index is 0.104. The van der Waals surface area contributed by atoms with Crippen LogP contribution in [-0.4, -0.2) is 28.7 Å². The quantitative estimate of drug-likeness (QED) is 0.876. The van der Waals surface area contributed by atoms with E-state index in [2.05, 4.69) is 4.72 Å². The average molecular weight is 322 g/mol. The van der Waals surface area contributed by atoms with Crippen molar-refractivity contribution in [1.82, 2.24) is 4.72 Å². The Kier molecular flexibility index (Phi) is 4.69. The predicted octanol–water partition coefficient (Wildman–Crippen LogP) is 2.57. The van der Waals surface area contributed by atoms with Crippen LogP contribution >= 0.6 is 11.6 Å². The minimum Gasteiger partial charge on any atom is -0.384 e. The smallest absolute Gasteiger partial charge is 0.242 e. The van der Waals surface area contributed by atoms with Gasteiger partial charge >= 0.3 is 0 Å². The van der Waals surface area contributed by atoms with Crippen molar-refractivity contribution >= 4 is 21.6 Å². The molecule has 0 heterocycles. The fourth-order valence-electron chi connectivity index (χ4n) is 2.37. The standard InChI is InChI=1S/C13H17ClFNO3S/c1-19-9-13(5-2-6-13)8-16-20(17,18)12-4-3-10(15)7-11(12)14/h3-4,7,16H,2,5-6,8-9H2,1H3. The molecule has 0 spiro atoms. The lowest BCUT2D eigenvalue weighted by atomic mass is 9.69. The number of halogens is 2. The second kappa shape index (κ2) is 5.97. The molecule has 1 aromatic rings. The number of sulfonamides is 1. The van der Waals surface area contributed by atoms with E-state index in [0.717, 1.165) is 31.4 Å². The molecule has 1 aliphatic carbocycles. The SMILES string of the molecule is COCC1(CNS(=O)(=O)c2ccc(F)cc2Cl)CCC1. The summed E-state index contributed by atoms with van der Waals surface area (Å²) in [5, 5.41) is -0.119. The van der Waals surface area contributed by atoms with Gasteiger partial charge in [-0.2, -0.15) is 0 Å². The van der Waals surface area contributed by atoms with E-state index in [-0.39, 0.29) is 15.3 Å². The zero-order valence-corrected chi connectivity index (χ0v) is 12.7. The maximum atomic E-state index is 13.0. The molecule has 1 aliphatic rings. The first-order chi connectivity index (χ1) is 9.38. The van der Waals surface area contributed by atoms with E-state index < -0.39 is 15.8 Å². The Morgan fingerprint density at radius 1 is 1.45 bits per heavy atom. The van der Waals surface area contributed by atoms with Gasteiger partial charge in [0.15, 0.2) is 0 Å². The van der Waals surface area contributed by atoms with E-state index >= 15 is 0 Å². The molecule has 0 aromatic heterocycles. The number of ether oxygens (including phenoxy) is 1. The largest absolute Gasteiger partial charge is 0.384 e. The van der Waals surface area contributed by atoms with E-state index in [1.807, 2.05) is 0 Å². The summed E-state index contributed by atoms with van der Waals surface area (Å²) in [4.78, 5) is -0.104. The van der Waals surface area contributed by atoms with Gasteiger partial charge in [-0.15, -0.1) is 0 Å². The van der Waals surface area contributed by atoms with Gasteiger partial charge in [-0.3, -0.25) is 0 Å². The van der Waals surface area contributed by atoms with Gasteiger partial charge in [0.25, 0.3) is 0 Å². The van der Waals surface area contributed by atoms with Crippen molar-refractivity contribution in [2.24, 2.45) is 5.41 Å². The molecular weight excluding hydrogens is 305 g/mol. The summed E-state index contributed by atoms with van der Waals surface area (Å²) in [6, 6.07) is 3.24. The highest BCUT2D eigenvalue weighted by Gasteiger charge is 2.38. The van der Waals surface area contributed by atoms with Crippen molar-refractivity contribution in [2.45, 2.75) is 24.2 Å². The second-order valence-electron chi connectivity index (χ2n) is 5.19. The van der Waals surface area contributed by atoms with Crippen LogP contribution in [0.5, 0.6) is 0 Å². The molecule has 0 atom stereocenters. The van der Waals surface area contributed by atoms with E-state index in [1.54, 1.807) is 7.11 Å². The number of nitrogens with one attached hydrogen (secondary N) is 1. The van der Waals surface area contributed by atoms with Crippen molar-refractivity contribution in [2.75, 3.05) is 20.3 Å². The molecule has 20 heavy (non-hydrogen) atoms. The van der Waals surface area contributed by atoms with Crippen LogP contribution in [0.3, 0.4) is 0 Å². The molecule has 1 saturated carbocycles. The molecule has 2 rings (SSSR count). The molecule has 0 unspecified atom stereocenters. The molecular formula is C13H17ClFNO3S. The summed E-state index contributed by atoms with van der Waals surface area (Å²) < 4.78 is 45.0. The van der Waals surface area contributed by atoms with E-state index in [0.29, 0.717) is 13.2 Å². The topological polar surface area (TPSA) is 55.4 Å². The van der Waals surface area contributed by atoms with Crippen molar-refractivity contribution < 1.29 is 17.5 Å². The lowest BCUT2D eigenvalue weighted by Gasteiger charge is -2.41. The second-order valence-corrected chi connectivity index (χ2v) is 7.33. The van der Waals surface area contributed by atoms with Crippen LogP contribution in [0.2, 0.25) is 5.02 Å². The van der Waals surface area contributed by atoms with Crippen molar-refractivity contribution in [3.05, 3.63) is 29.0 Å². The van der Waals surface area contributed by atoms with Crippen molar-refractivity contribution in [1.29, 1.82) is 0 Å². The van der Waals surface area contributed by atoms with Gasteiger partial charge in [0, 0.05) is 19.1 Å². The van der Waals surface area contributed by atoms with E-state index in [1.165, 1.54) is 6.07 Å². The van der Waals surface area contributed by atoms with Gasteiger partial charge in [-0.05, 0) is 31.0 Å². The summed E-state index contributed by atoms with van der Waals surface area (Å²) in [6.07, 6.45) is 2.93. The molecule has 0 saturated heterocycles. The average Bonchev–Trinajstić information content (AvgIpc) is 2.32. The number of methoxy groups -OCH3 is 1. The third-order valence-electron chi connectivity index (χ3n) is 3.69. The summed E-state index contributed by atoms with van der Waals surface area (Å²) in [6.45, 7) is 0.823. The molecule has 0 aliphatic heterocycles. The highest BCUT2D eigenvalue weighted by molar-refractivity contribution is 7.89. The Hall–Kier alpha value is -0.690. The first-order valence-electron chi connectivity index (χ1n) is 6.32. The molecule has 7 heteroatoms. The number of hydrogen-bond acceptors (Lipinski definition) is 3. The third kappa shape index (κ3) is 3.31. The van der Waals surface area contributed by atoms with Crippen molar-refractivity contribution in [3.8, 4) is 0 Å². The molecule has 0 radical (unpaired) electrons. The Morgan fingerprint density at radius 2 is 2.15 bits per heavy atom. The van der Waals surface area contributed by atoms with E-state index in [9.17, 15) is 12.8 Å². The Balaban J connectivity index is 2.11. The van der Waals surface area contributed by atoms with Gasteiger partial charge < -0.3 is 4.74 Å². The van der Waals surface area contributed by atoms with Crippen LogP contribution in [0.4, 0.5) is 4.39 Å². The summed E-state index contributed by atoms with van der Waals surface area (Å²) in [5.74, 6) is -0.566. The molecule has 4 nitrogen and oxygen atoms in total. The first kappa shape index (κ1) is 15.7. The molecule has 0 amide bonds. The Morgan fingerprint density at radius 3 is 2.65 bits per heavy atom. The molecule has 112 valence electrons. The van der Waals surface area contributed by atoms with E-state index in [4.69, 9.17) is 16.3 Å². The van der Waals surface area contributed by atoms with Crippen LogP contribution in [0, 0.1) is 11.2 Å². The number of hydrogen-bond donors (Lipinski definition) is 1. The molecule has 0 bridgehead atoms. The monoisotopic (exact) mass is 321 g/mol. The number of rotatable bonds is 6. The Bertz CT molecular complexity index is 587. The predicted molar refractivity (Wildman–Crippen MR) is 74.8 cm³/mol. The van der Waals surface area contributed by atoms with Gasteiger partial charge in [-0.25, -0.2) is 17.5 Å². The zero-order valence-electron chi connectivity index (χ0n) is 11.2. The minimum atomic E-state index is -3.74. The Labute approximate surface area is 123 Å². The summed E-state index contributed by atoms with van der Waals surface area (Å²) in [7, 11) is -2.14.